The van der Waals surface area contributed by atoms with Crippen LogP contribution in [0.3, 0.4) is 0 Å². The summed E-state index contributed by atoms with van der Waals surface area (Å²) in [6, 6.07) is 8.33. The van der Waals surface area contributed by atoms with Gasteiger partial charge in [-0.2, -0.15) is 26.3 Å². The zero-order valence-electron chi connectivity index (χ0n) is 23.9. The van der Waals surface area contributed by atoms with Crippen molar-refractivity contribution in [3.63, 3.8) is 0 Å². The lowest BCUT2D eigenvalue weighted by atomic mass is 9.84. The number of likely N-dealkylation sites (tertiary alicyclic amines) is 1. The second-order valence-corrected chi connectivity index (χ2v) is 16.0. The van der Waals surface area contributed by atoms with Crippen molar-refractivity contribution in [3.05, 3.63) is 94.3 Å². The molecule has 254 valence electrons. The molecule has 1 heterocycles. The van der Waals surface area contributed by atoms with Crippen LogP contribution in [-0.4, -0.2) is 58.3 Å². The van der Waals surface area contributed by atoms with Crippen LogP contribution in [0.4, 0.5) is 35.1 Å². The molecule has 1 amide bonds. The van der Waals surface area contributed by atoms with Crippen molar-refractivity contribution in [2.45, 2.75) is 64.3 Å². The lowest BCUT2D eigenvalue weighted by Crippen LogP contribution is -2.51. The summed E-state index contributed by atoms with van der Waals surface area (Å²) >= 11 is 5.82. The Morgan fingerprint density at radius 1 is 0.851 bits per heavy atom. The van der Waals surface area contributed by atoms with Crippen molar-refractivity contribution in [2.75, 3.05) is 12.3 Å². The van der Waals surface area contributed by atoms with Crippen LogP contribution in [0.5, 0.6) is 0 Å². The molecule has 2 aliphatic rings. The molecule has 0 unspecified atom stereocenters. The number of hydrogen-bond acceptors (Lipinski definition) is 5. The molecule has 2 atom stereocenters. The van der Waals surface area contributed by atoms with Crippen molar-refractivity contribution in [1.29, 1.82) is 0 Å². The molecule has 0 spiro atoms. The highest BCUT2D eigenvalue weighted by Gasteiger charge is 2.73. The van der Waals surface area contributed by atoms with Gasteiger partial charge in [-0.3, -0.25) is 4.79 Å². The largest absolute Gasteiger partial charge is 0.435 e. The number of aryl methyl sites for hydroxylation is 1. The Morgan fingerprint density at radius 3 is 2.00 bits per heavy atom. The van der Waals surface area contributed by atoms with Gasteiger partial charge in [0.1, 0.15) is 16.3 Å². The van der Waals surface area contributed by atoms with E-state index in [-0.39, 0.29) is 52.9 Å². The zero-order chi connectivity index (χ0) is 34.8. The predicted molar refractivity (Wildman–Crippen MR) is 153 cm³/mol. The quantitative estimate of drug-likeness (QED) is 0.205. The van der Waals surface area contributed by atoms with E-state index in [0.717, 1.165) is 29.2 Å². The molecule has 0 radical (unpaired) electrons. The van der Waals surface area contributed by atoms with E-state index in [1.165, 1.54) is 24.3 Å². The molecule has 0 saturated carbocycles. The molecule has 0 bridgehead atoms. The molecule has 3 aromatic carbocycles. The van der Waals surface area contributed by atoms with E-state index in [0.29, 0.717) is 12.1 Å². The number of benzene rings is 3. The fourth-order valence-electron chi connectivity index (χ4n) is 6.52. The van der Waals surface area contributed by atoms with Gasteiger partial charge < -0.3 is 4.90 Å². The number of carbonyl (C=O) groups excluding carboxylic acids is 1. The van der Waals surface area contributed by atoms with Gasteiger partial charge in [0, 0.05) is 17.1 Å². The molecule has 1 fully saturated rings. The number of alkyl halides is 7. The highest BCUT2D eigenvalue weighted by Crippen LogP contribution is 2.56. The van der Waals surface area contributed by atoms with Gasteiger partial charge in [0.05, 0.1) is 15.8 Å². The molecule has 0 aromatic heterocycles. The molecule has 0 N–H and O–H groups in total. The van der Waals surface area contributed by atoms with Crippen LogP contribution in [-0.2, 0) is 41.3 Å². The molecule has 6 nitrogen and oxygen atoms in total. The molecular formula is C30H24ClF8NO5S2. The van der Waals surface area contributed by atoms with E-state index in [2.05, 4.69) is 0 Å². The van der Waals surface area contributed by atoms with Gasteiger partial charge in [-0.1, -0.05) is 29.8 Å². The summed E-state index contributed by atoms with van der Waals surface area (Å²) in [5.41, 5.74) is -8.17. The minimum Gasteiger partial charge on any atom is -0.337 e. The minimum atomic E-state index is -6.42. The van der Waals surface area contributed by atoms with Crippen LogP contribution in [0.15, 0.2) is 76.5 Å². The van der Waals surface area contributed by atoms with Crippen molar-refractivity contribution in [3.8, 4) is 0 Å². The van der Waals surface area contributed by atoms with Gasteiger partial charge in [0.25, 0.3) is 0 Å². The predicted octanol–water partition coefficient (Wildman–Crippen LogP) is 6.85. The van der Waals surface area contributed by atoms with Crippen LogP contribution >= 0.6 is 11.6 Å². The number of rotatable bonds is 6. The topological polar surface area (TPSA) is 88.6 Å². The lowest BCUT2D eigenvalue weighted by molar-refractivity contribution is -0.348. The summed E-state index contributed by atoms with van der Waals surface area (Å²) in [5, 5.41) is 0.223. The van der Waals surface area contributed by atoms with E-state index in [9.17, 15) is 52.4 Å². The number of carbonyl (C=O) groups is 1. The van der Waals surface area contributed by atoms with Crippen molar-refractivity contribution in [1.82, 2.24) is 4.90 Å². The second kappa shape index (κ2) is 11.7. The molecule has 1 saturated heterocycles. The SMILES string of the molecule is O=C(CS(=O)(=O)c1ccc(Cl)cc1)N1CC[C@@]2(S(=O)(=O)c3ccc(F)cc3)c3ccc(C(F)(C(F)(F)F)C(F)(F)F)cc3CCC[C@@H]12. The van der Waals surface area contributed by atoms with Crippen LogP contribution < -0.4 is 0 Å². The number of nitrogens with zero attached hydrogens (tertiary/aromatic N) is 1. The monoisotopic (exact) mass is 729 g/mol. The Kier molecular flexibility index (Phi) is 8.75. The highest BCUT2D eigenvalue weighted by molar-refractivity contribution is 7.92. The summed E-state index contributed by atoms with van der Waals surface area (Å²) in [6.07, 6.45) is -13.8. The standard InChI is InChI=1S/C30H24ClF8NO5S2/c31-20-5-9-22(10-6-20)46(42,43)17-26(41)40-15-14-27(47(44,45)23-11-7-21(32)8-12-23)24-13-4-19(16-18(24)2-1-3-25(27)40)28(33,29(34,35)36)30(37,38)39/h4-13,16,25H,1-3,14-15,17H2/t25-,27-/m1/s1. The van der Waals surface area contributed by atoms with Crippen LogP contribution in [0.1, 0.15) is 36.0 Å². The van der Waals surface area contributed by atoms with Crippen LogP contribution in [0, 0.1) is 5.82 Å². The highest BCUT2D eigenvalue weighted by atomic mass is 35.5. The number of halogens is 9. The summed E-state index contributed by atoms with van der Waals surface area (Å²) in [7, 11) is -9.03. The van der Waals surface area contributed by atoms with E-state index >= 15 is 4.39 Å². The van der Waals surface area contributed by atoms with E-state index in [4.69, 9.17) is 11.6 Å². The van der Waals surface area contributed by atoms with Gasteiger partial charge >= 0.3 is 18.0 Å². The van der Waals surface area contributed by atoms with E-state index in [1.54, 1.807) is 0 Å². The molecule has 1 aliphatic heterocycles. The minimum absolute atomic E-state index is 0.0765. The lowest BCUT2D eigenvalue weighted by Gasteiger charge is -2.38. The maximum Gasteiger partial charge on any atom is 0.435 e. The maximum atomic E-state index is 15.1. The van der Waals surface area contributed by atoms with E-state index < -0.39 is 82.8 Å². The normalized spacial score (nSPS) is 20.8. The number of fused-ring (bicyclic) bond motifs is 3. The third-order valence-corrected chi connectivity index (χ3v) is 13.1. The molecule has 47 heavy (non-hydrogen) atoms. The van der Waals surface area contributed by atoms with Gasteiger partial charge in [0.15, 0.2) is 19.7 Å². The van der Waals surface area contributed by atoms with Gasteiger partial charge in [-0.05, 0) is 85.3 Å². The summed E-state index contributed by atoms with van der Waals surface area (Å²) in [4.78, 5) is 13.9. The molecule has 5 rings (SSSR count). The smallest absolute Gasteiger partial charge is 0.337 e. The van der Waals surface area contributed by atoms with Crippen molar-refractivity contribution >= 4 is 37.2 Å². The van der Waals surface area contributed by atoms with Gasteiger partial charge in [0.2, 0.25) is 5.91 Å². The summed E-state index contributed by atoms with van der Waals surface area (Å²) in [5.74, 6) is -2.90. The molecule has 1 aliphatic carbocycles. The third-order valence-electron chi connectivity index (χ3n) is 8.71. The van der Waals surface area contributed by atoms with Crippen LogP contribution in [0.25, 0.3) is 0 Å². The maximum absolute atomic E-state index is 15.1. The second-order valence-electron chi connectivity index (χ2n) is 11.3. The van der Waals surface area contributed by atoms with Crippen LogP contribution in [0.2, 0.25) is 5.02 Å². The zero-order valence-corrected chi connectivity index (χ0v) is 26.3. The molecular weight excluding hydrogens is 706 g/mol. The van der Waals surface area contributed by atoms with Gasteiger partial charge in [-0.25, -0.2) is 25.6 Å². The number of sulfone groups is 2. The first kappa shape index (κ1) is 35.1. The Bertz CT molecular complexity index is 1900. The van der Waals surface area contributed by atoms with Crippen molar-refractivity contribution in [2.24, 2.45) is 0 Å². The Labute approximate surface area is 269 Å². The Morgan fingerprint density at radius 2 is 1.43 bits per heavy atom. The first-order valence-corrected chi connectivity index (χ1v) is 17.4. The third kappa shape index (κ3) is 5.69. The first-order chi connectivity index (χ1) is 21.7. The Balaban J connectivity index is 1.67. The van der Waals surface area contributed by atoms with Gasteiger partial charge in [-0.15, -0.1) is 0 Å². The fraction of sp³-hybridized carbons (Fsp3) is 0.367. The van der Waals surface area contributed by atoms with E-state index in [1.807, 2.05) is 0 Å². The summed E-state index contributed by atoms with van der Waals surface area (Å²) < 4.78 is 164. The Hall–Kier alpha value is -3.24. The average Bonchev–Trinajstić information content (AvgIpc) is 3.28. The summed E-state index contributed by atoms with van der Waals surface area (Å²) in [6.45, 7) is -0.362. The van der Waals surface area contributed by atoms with Crippen molar-refractivity contribution < 1.29 is 56.8 Å². The number of hydrogen-bond donors (Lipinski definition) is 0. The average molecular weight is 730 g/mol. The molecule has 3 aromatic rings. The number of amides is 1. The first-order valence-electron chi connectivity index (χ1n) is 13.9. The fourth-order valence-corrected chi connectivity index (χ4v) is 10.2. The molecule has 17 heteroatoms.